The molecular weight excluding hydrogens is 537 g/mol. The fraction of sp³-hybridized carbons (Fsp3) is 0.714. The zero-order valence-corrected chi connectivity index (χ0v) is 19.6. The Morgan fingerprint density at radius 3 is 1.89 bits per heavy atom. The van der Waals surface area contributed by atoms with Crippen molar-refractivity contribution < 1.29 is 53.1 Å². The number of hydrogen-bond acceptors (Lipinski definition) is 3. The maximum Gasteiger partial charge on any atom is 0.384 e. The number of halogens is 11. The Balaban J connectivity index is 2.09. The maximum absolute atomic E-state index is 15.0. The standard InChI is InChI=1S/C21H19F11N2OS/c1-4-15(2,3)9-5-6-10-11(8-33)13(36-12(10)7-9)34-14(35)16(22)17(23,24)19(27,28)21(31,32)20(29,30)18(16,25)26/h9H,4-7H2,1-3H3,(H,34,35). The quantitative estimate of drug-likeness (QED) is 0.406. The molecule has 0 saturated heterocycles. The van der Waals surface area contributed by atoms with Gasteiger partial charge in [-0.25, -0.2) is 4.39 Å². The van der Waals surface area contributed by atoms with Gasteiger partial charge in [-0.05, 0) is 36.2 Å². The summed E-state index contributed by atoms with van der Waals surface area (Å²) in [7, 11) is 0. The van der Waals surface area contributed by atoms with Crippen molar-refractivity contribution in [2.75, 3.05) is 5.32 Å². The lowest BCUT2D eigenvalue weighted by atomic mass is 9.69. The van der Waals surface area contributed by atoms with Gasteiger partial charge in [0.2, 0.25) is 0 Å². The molecule has 0 aromatic carbocycles. The van der Waals surface area contributed by atoms with Crippen LogP contribution < -0.4 is 5.32 Å². The van der Waals surface area contributed by atoms with Gasteiger partial charge in [0.05, 0.1) is 5.56 Å². The maximum atomic E-state index is 15.0. The van der Waals surface area contributed by atoms with Crippen LogP contribution in [-0.2, 0) is 17.6 Å². The molecule has 0 aliphatic heterocycles. The highest BCUT2D eigenvalue weighted by molar-refractivity contribution is 7.16. The molecule has 0 bridgehead atoms. The van der Waals surface area contributed by atoms with Crippen molar-refractivity contribution in [1.82, 2.24) is 0 Å². The van der Waals surface area contributed by atoms with E-state index in [1.165, 1.54) is 0 Å². The second kappa shape index (κ2) is 7.94. The molecular formula is C21H19F11N2OS. The molecule has 1 aromatic rings. The van der Waals surface area contributed by atoms with Gasteiger partial charge in [-0.1, -0.05) is 27.2 Å². The third kappa shape index (κ3) is 3.18. The van der Waals surface area contributed by atoms with Gasteiger partial charge < -0.3 is 5.32 Å². The van der Waals surface area contributed by atoms with Gasteiger partial charge in [0, 0.05) is 4.88 Å². The van der Waals surface area contributed by atoms with Crippen LogP contribution in [0.25, 0.3) is 0 Å². The average Bonchev–Trinajstić information content (AvgIpc) is 3.12. The molecule has 15 heteroatoms. The number of fused-ring (bicyclic) bond motifs is 1. The van der Waals surface area contributed by atoms with Crippen LogP contribution in [0.2, 0.25) is 0 Å². The molecule has 3 rings (SSSR count). The van der Waals surface area contributed by atoms with Crippen molar-refractivity contribution in [3.05, 3.63) is 16.0 Å². The highest BCUT2D eigenvalue weighted by Crippen LogP contribution is 2.69. The lowest BCUT2D eigenvalue weighted by Gasteiger charge is -2.51. The molecule has 36 heavy (non-hydrogen) atoms. The van der Waals surface area contributed by atoms with Crippen LogP contribution in [0, 0.1) is 22.7 Å². The minimum Gasteiger partial charge on any atom is -0.313 e. The average molecular weight is 556 g/mol. The number of carbonyl (C=O) groups excluding carboxylic acids is 1. The van der Waals surface area contributed by atoms with Gasteiger partial charge in [0.1, 0.15) is 11.1 Å². The van der Waals surface area contributed by atoms with E-state index in [2.05, 4.69) is 0 Å². The number of nitrogens with one attached hydrogen (secondary N) is 1. The monoisotopic (exact) mass is 556 g/mol. The Morgan fingerprint density at radius 2 is 1.44 bits per heavy atom. The normalized spacial score (nSPS) is 27.0. The molecule has 0 spiro atoms. The van der Waals surface area contributed by atoms with Crippen LogP contribution in [0.1, 0.15) is 49.6 Å². The van der Waals surface area contributed by atoms with E-state index in [1.54, 1.807) is 6.07 Å². The summed E-state index contributed by atoms with van der Waals surface area (Å²) in [6, 6.07) is 1.56. The summed E-state index contributed by atoms with van der Waals surface area (Å²) < 4.78 is 154. The minimum absolute atomic E-state index is 0.0166. The smallest absolute Gasteiger partial charge is 0.313 e. The van der Waals surface area contributed by atoms with Gasteiger partial charge in [-0.15, -0.1) is 11.3 Å². The van der Waals surface area contributed by atoms with Crippen molar-refractivity contribution in [3.63, 3.8) is 0 Å². The van der Waals surface area contributed by atoms with E-state index in [4.69, 9.17) is 0 Å². The van der Waals surface area contributed by atoms with Gasteiger partial charge in [-0.3, -0.25) is 4.79 Å². The zero-order valence-electron chi connectivity index (χ0n) is 18.8. The Morgan fingerprint density at radius 1 is 0.972 bits per heavy atom. The lowest BCUT2D eigenvalue weighted by Crippen LogP contribution is -2.86. The van der Waals surface area contributed by atoms with Crippen LogP contribution in [0.15, 0.2) is 0 Å². The number of carbonyl (C=O) groups is 1. The van der Waals surface area contributed by atoms with Crippen LogP contribution in [0.4, 0.5) is 53.3 Å². The predicted molar refractivity (Wildman–Crippen MR) is 106 cm³/mol. The van der Waals surface area contributed by atoms with E-state index >= 15 is 4.39 Å². The number of nitrogens with zero attached hydrogens (tertiary/aromatic N) is 1. The first kappa shape index (κ1) is 28.5. The molecule has 0 radical (unpaired) electrons. The predicted octanol–water partition coefficient (Wildman–Crippen LogP) is 7.00. The number of rotatable bonds is 4. The van der Waals surface area contributed by atoms with E-state index in [0.717, 1.165) is 11.7 Å². The number of nitriles is 1. The number of amides is 1. The third-order valence-corrected chi connectivity index (χ3v) is 8.55. The molecule has 1 aromatic heterocycles. The van der Waals surface area contributed by atoms with E-state index in [1.807, 2.05) is 20.8 Å². The topological polar surface area (TPSA) is 52.9 Å². The molecule has 1 heterocycles. The summed E-state index contributed by atoms with van der Waals surface area (Å²) in [5, 5.41) is 9.74. The van der Waals surface area contributed by atoms with Gasteiger partial charge in [0.15, 0.2) is 0 Å². The molecule has 3 nitrogen and oxygen atoms in total. The molecule has 1 unspecified atom stereocenters. The van der Waals surface area contributed by atoms with Crippen molar-refractivity contribution in [2.24, 2.45) is 11.3 Å². The summed E-state index contributed by atoms with van der Waals surface area (Å²) >= 11 is 0.474. The summed E-state index contributed by atoms with van der Waals surface area (Å²) in [5.41, 5.74) is -7.24. The highest BCUT2D eigenvalue weighted by Gasteiger charge is 3.02. The van der Waals surface area contributed by atoms with E-state index in [9.17, 15) is 54.0 Å². The number of hydrogen-bond donors (Lipinski definition) is 1. The molecule has 2 aliphatic rings. The molecule has 1 amide bonds. The Hall–Kier alpha value is -2.11. The van der Waals surface area contributed by atoms with E-state index in [0.29, 0.717) is 22.6 Å². The number of thiophene rings is 1. The lowest BCUT2D eigenvalue weighted by molar-refractivity contribution is -0.475. The summed E-state index contributed by atoms with van der Waals surface area (Å²) in [6.45, 7) is 5.80. The van der Waals surface area contributed by atoms with Crippen molar-refractivity contribution in [1.29, 1.82) is 5.26 Å². The second-order valence-corrected chi connectivity index (χ2v) is 10.7. The first-order valence-corrected chi connectivity index (χ1v) is 11.4. The summed E-state index contributed by atoms with van der Waals surface area (Å²) in [6.07, 6.45) is 1.73. The largest absolute Gasteiger partial charge is 0.384 e. The van der Waals surface area contributed by atoms with Crippen LogP contribution in [0.5, 0.6) is 0 Å². The van der Waals surface area contributed by atoms with Crippen molar-refractivity contribution in [2.45, 2.75) is 81.7 Å². The Kier molecular flexibility index (Phi) is 6.28. The molecule has 202 valence electrons. The van der Waals surface area contributed by atoms with Crippen LogP contribution >= 0.6 is 11.3 Å². The molecule has 1 saturated carbocycles. The molecule has 1 fully saturated rings. The van der Waals surface area contributed by atoms with Crippen molar-refractivity contribution in [3.8, 4) is 6.07 Å². The van der Waals surface area contributed by atoms with Gasteiger partial charge in [0.25, 0.3) is 5.91 Å². The Bertz CT molecular complexity index is 1090. The SMILES string of the molecule is CCC(C)(C)C1CCc2c(sc(NC(=O)C3(F)C(F)(F)C(F)(F)C(F)(F)C(F)(F)C3(F)F)c2C#N)C1. The molecule has 1 atom stereocenters. The van der Waals surface area contributed by atoms with Crippen LogP contribution in [-0.4, -0.2) is 41.2 Å². The first-order valence-electron chi connectivity index (χ1n) is 10.5. The summed E-state index contributed by atoms with van der Waals surface area (Å²) in [5.74, 6) is -40.1. The fourth-order valence-corrected chi connectivity index (χ4v) is 5.72. The van der Waals surface area contributed by atoms with E-state index < -0.39 is 51.8 Å². The summed E-state index contributed by atoms with van der Waals surface area (Å²) in [4.78, 5) is 12.7. The Labute approximate surface area is 201 Å². The third-order valence-electron chi connectivity index (χ3n) is 7.38. The fourth-order valence-electron chi connectivity index (χ4n) is 4.44. The zero-order chi connectivity index (χ0) is 27.9. The van der Waals surface area contributed by atoms with E-state index in [-0.39, 0.29) is 29.7 Å². The molecule has 1 N–H and O–H groups in total. The highest BCUT2D eigenvalue weighted by atomic mass is 32.1. The van der Waals surface area contributed by atoms with Crippen LogP contribution in [0.3, 0.4) is 0 Å². The number of anilines is 1. The first-order chi connectivity index (χ1) is 16.1. The van der Waals surface area contributed by atoms with Gasteiger partial charge >= 0.3 is 35.3 Å². The van der Waals surface area contributed by atoms with Gasteiger partial charge in [-0.2, -0.15) is 49.2 Å². The second-order valence-electron chi connectivity index (χ2n) is 9.59. The number of alkyl halides is 11. The van der Waals surface area contributed by atoms with Crippen molar-refractivity contribution >= 4 is 22.2 Å². The minimum atomic E-state index is -7.41. The molecule has 2 aliphatic carbocycles.